The van der Waals surface area contributed by atoms with E-state index in [1.165, 1.54) is 5.56 Å². The zero-order valence-corrected chi connectivity index (χ0v) is 10.2. The molecular formula is C14H17N3O. The van der Waals surface area contributed by atoms with Gasteiger partial charge in [0.15, 0.2) is 0 Å². The maximum Gasteiger partial charge on any atom is 0.230 e. The van der Waals surface area contributed by atoms with Gasteiger partial charge < -0.3 is 5.32 Å². The molecule has 94 valence electrons. The fourth-order valence-electron chi connectivity index (χ4n) is 2.74. The van der Waals surface area contributed by atoms with Crippen molar-refractivity contribution in [1.29, 1.82) is 0 Å². The van der Waals surface area contributed by atoms with Crippen LogP contribution in [0.4, 0.5) is 0 Å². The summed E-state index contributed by atoms with van der Waals surface area (Å²) in [5.41, 5.74) is 1.32. The first-order chi connectivity index (χ1) is 8.83. The number of aliphatic imine (C=N–C) groups is 1. The quantitative estimate of drug-likeness (QED) is 0.843. The van der Waals surface area contributed by atoms with Crippen molar-refractivity contribution in [1.82, 2.24) is 10.2 Å². The van der Waals surface area contributed by atoms with Gasteiger partial charge in [0.25, 0.3) is 0 Å². The monoisotopic (exact) mass is 243 g/mol. The first-order valence-electron chi connectivity index (χ1n) is 6.41. The Kier molecular flexibility index (Phi) is 3.11. The fourth-order valence-corrected chi connectivity index (χ4v) is 2.74. The number of piperidine rings is 1. The normalized spacial score (nSPS) is 27.7. The molecule has 3 rings (SSSR count). The SMILES string of the molecule is O=C1NC=N[C@@H]2CN(Cc3ccccc3)CC[C@@H]12. The van der Waals surface area contributed by atoms with Crippen LogP contribution in [0.15, 0.2) is 35.3 Å². The molecule has 0 saturated carbocycles. The number of rotatable bonds is 2. The van der Waals surface area contributed by atoms with Gasteiger partial charge in [-0.2, -0.15) is 0 Å². The molecule has 0 bridgehead atoms. The Morgan fingerprint density at radius 2 is 2.17 bits per heavy atom. The third-order valence-electron chi connectivity index (χ3n) is 3.72. The smallest absolute Gasteiger partial charge is 0.230 e. The number of amides is 1. The Labute approximate surface area is 107 Å². The molecule has 18 heavy (non-hydrogen) atoms. The van der Waals surface area contributed by atoms with Crippen LogP contribution in [0, 0.1) is 5.92 Å². The lowest BCUT2D eigenvalue weighted by atomic mass is 9.90. The molecule has 1 aromatic carbocycles. The molecule has 2 aliphatic rings. The molecule has 2 atom stereocenters. The molecule has 1 amide bonds. The van der Waals surface area contributed by atoms with Gasteiger partial charge in [0.05, 0.1) is 18.3 Å². The predicted molar refractivity (Wildman–Crippen MR) is 70.2 cm³/mol. The molecule has 0 unspecified atom stereocenters. The number of nitrogens with one attached hydrogen (secondary N) is 1. The van der Waals surface area contributed by atoms with Gasteiger partial charge in [-0.3, -0.25) is 14.7 Å². The summed E-state index contributed by atoms with van der Waals surface area (Å²) in [5, 5.41) is 2.70. The second-order valence-corrected chi connectivity index (χ2v) is 4.97. The first-order valence-corrected chi connectivity index (χ1v) is 6.41. The molecule has 2 heterocycles. The molecule has 1 saturated heterocycles. The Balaban J connectivity index is 1.65. The maximum atomic E-state index is 11.7. The van der Waals surface area contributed by atoms with Gasteiger partial charge >= 0.3 is 0 Å². The number of likely N-dealkylation sites (tertiary alicyclic amines) is 1. The summed E-state index contributed by atoms with van der Waals surface area (Å²) in [6.07, 6.45) is 2.45. The number of carbonyl (C=O) groups excluding carboxylic acids is 1. The van der Waals surface area contributed by atoms with Crippen molar-refractivity contribution < 1.29 is 4.79 Å². The summed E-state index contributed by atoms with van der Waals surface area (Å²) in [6.45, 7) is 2.80. The largest absolute Gasteiger partial charge is 0.317 e. The van der Waals surface area contributed by atoms with Crippen molar-refractivity contribution in [2.24, 2.45) is 10.9 Å². The fraction of sp³-hybridized carbons (Fsp3) is 0.429. The molecule has 2 aliphatic heterocycles. The molecule has 4 nitrogen and oxygen atoms in total. The summed E-state index contributed by atoms with van der Waals surface area (Å²) < 4.78 is 0. The maximum absolute atomic E-state index is 11.7. The molecule has 1 fully saturated rings. The zero-order chi connectivity index (χ0) is 12.4. The van der Waals surface area contributed by atoms with Crippen LogP contribution in [0.5, 0.6) is 0 Å². The van der Waals surface area contributed by atoms with Gasteiger partial charge in [0.2, 0.25) is 5.91 Å². The van der Waals surface area contributed by atoms with E-state index in [0.717, 1.165) is 26.1 Å². The van der Waals surface area contributed by atoms with Crippen molar-refractivity contribution in [2.75, 3.05) is 13.1 Å². The van der Waals surface area contributed by atoms with Crippen LogP contribution in [0.25, 0.3) is 0 Å². The van der Waals surface area contributed by atoms with E-state index in [9.17, 15) is 4.79 Å². The second-order valence-electron chi connectivity index (χ2n) is 4.97. The highest BCUT2D eigenvalue weighted by Crippen LogP contribution is 2.23. The predicted octanol–water partition coefficient (Wildman–Crippen LogP) is 1.04. The standard InChI is InChI=1S/C14H17N3O/c18-14-12-6-7-17(9-13(12)15-10-16-14)8-11-4-2-1-3-5-11/h1-5,10,12-13H,6-9H2,(H,15,16,18)/t12-,13-/m1/s1. The van der Waals surface area contributed by atoms with Gasteiger partial charge in [-0.1, -0.05) is 30.3 Å². The summed E-state index contributed by atoms with van der Waals surface area (Å²) in [5.74, 6) is 0.205. The van der Waals surface area contributed by atoms with Gasteiger partial charge in [-0.15, -0.1) is 0 Å². The van der Waals surface area contributed by atoms with Crippen LogP contribution in [-0.2, 0) is 11.3 Å². The second kappa shape index (κ2) is 4.90. The minimum atomic E-state index is 0.0713. The third kappa shape index (κ3) is 2.29. The Bertz CT molecular complexity index is 457. The Morgan fingerprint density at radius 1 is 1.33 bits per heavy atom. The zero-order valence-electron chi connectivity index (χ0n) is 10.2. The summed E-state index contributed by atoms with van der Waals surface area (Å²) in [6, 6.07) is 10.6. The van der Waals surface area contributed by atoms with Crippen LogP contribution in [0.3, 0.4) is 0 Å². The van der Waals surface area contributed by atoms with Crippen LogP contribution < -0.4 is 5.32 Å². The molecule has 0 radical (unpaired) electrons. The van der Waals surface area contributed by atoms with Crippen LogP contribution in [0.1, 0.15) is 12.0 Å². The molecule has 4 heteroatoms. The lowest BCUT2D eigenvalue weighted by molar-refractivity contribution is -0.126. The third-order valence-corrected chi connectivity index (χ3v) is 3.72. The number of carbonyl (C=O) groups is 1. The number of nitrogens with zero attached hydrogens (tertiary/aromatic N) is 2. The lowest BCUT2D eigenvalue weighted by Gasteiger charge is -2.37. The van der Waals surface area contributed by atoms with E-state index in [1.54, 1.807) is 6.34 Å². The highest BCUT2D eigenvalue weighted by atomic mass is 16.2. The van der Waals surface area contributed by atoms with Crippen molar-refractivity contribution in [3.8, 4) is 0 Å². The van der Waals surface area contributed by atoms with Crippen LogP contribution in [0.2, 0.25) is 0 Å². The molecule has 0 aromatic heterocycles. The highest BCUT2D eigenvalue weighted by molar-refractivity contribution is 5.91. The summed E-state index contributed by atoms with van der Waals surface area (Å²) in [4.78, 5) is 18.4. The van der Waals surface area contributed by atoms with Crippen molar-refractivity contribution in [3.63, 3.8) is 0 Å². The van der Waals surface area contributed by atoms with E-state index in [-0.39, 0.29) is 17.9 Å². The molecule has 0 spiro atoms. The van der Waals surface area contributed by atoms with Gasteiger partial charge in [0, 0.05) is 13.1 Å². The molecular weight excluding hydrogens is 226 g/mol. The molecule has 1 N–H and O–H groups in total. The summed E-state index contributed by atoms with van der Waals surface area (Å²) in [7, 11) is 0. The van der Waals surface area contributed by atoms with Gasteiger partial charge in [0.1, 0.15) is 0 Å². The number of fused-ring (bicyclic) bond motifs is 1. The Hall–Kier alpha value is -1.68. The number of benzene rings is 1. The van der Waals surface area contributed by atoms with Crippen molar-refractivity contribution in [3.05, 3.63) is 35.9 Å². The van der Waals surface area contributed by atoms with E-state index in [2.05, 4.69) is 39.5 Å². The van der Waals surface area contributed by atoms with Crippen molar-refractivity contribution >= 4 is 12.2 Å². The van der Waals surface area contributed by atoms with E-state index < -0.39 is 0 Å². The van der Waals surface area contributed by atoms with Crippen molar-refractivity contribution in [2.45, 2.75) is 19.0 Å². The first kappa shape index (κ1) is 11.4. The van der Waals surface area contributed by atoms with Crippen LogP contribution in [-0.4, -0.2) is 36.3 Å². The lowest BCUT2D eigenvalue weighted by Crippen LogP contribution is -2.51. The minimum absolute atomic E-state index is 0.0713. The van der Waals surface area contributed by atoms with Crippen LogP contribution >= 0.6 is 0 Å². The minimum Gasteiger partial charge on any atom is -0.317 e. The summed E-state index contributed by atoms with van der Waals surface area (Å²) >= 11 is 0. The average molecular weight is 243 g/mol. The number of hydrogen-bond acceptors (Lipinski definition) is 3. The van der Waals surface area contributed by atoms with E-state index in [4.69, 9.17) is 0 Å². The highest BCUT2D eigenvalue weighted by Gasteiger charge is 2.35. The average Bonchev–Trinajstić information content (AvgIpc) is 2.40. The number of hydrogen-bond donors (Lipinski definition) is 1. The topological polar surface area (TPSA) is 44.7 Å². The van der Waals surface area contributed by atoms with E-state index >= 15 is 0 Å². The Morgan fingerprint density at radius 3 is 3.00 bits per heavy atom. The van der Waals surface area contributed by atoms with Gasteiger partial charge in [-0.05, 0) is 18.5 Å². The van der Waals surface area contributed by atoms with E-state index in [1.807, 2.05) is 6.07 Å². The van der Waals surface area contributed by atoms with Gasteiger partial charge in [-0.25, -0.2) is 0 Å². The van der Waals surface area contributed by atoms with E-state index in [0.29, 0.717) is 0 Å². The molecule has 0 aliphatic carbocycles. The molecule has 1 aromatic rings.